The summed E-state index contributed by atoms with van der Waals surface area (Å²) in [5.74, 6) is -1.62. The minimum atomic E-state index is -4.67. The maximum atomic E-state index is 12.8. The fourth-order valence-electron chi connectivity index (χ4n) is 2.97. The molecule has 1 atom stereocenters. The van der Waals surface area contributed by atoms with Crippen molar-refractivity contribution < 1.29 is 27.1 Å². The number of alkyl halides is 3. The molecule has 140 valence electrons. The van der Waals surface area contributed by atoms with E-state index in [2.05, 4.69) is 10.2 Å². The van der Waals surface area contributed by atoms with Gasteiger partial charge in [0.25, 0.3) is 5.91 Å². The summed E-state index contributed by atoms with van der Waals surface area (Å²) in [6.07, 6.45) is -3.46. The van der Waals surface area contributed by atoms with Gasteiger partial charge in [-0.25, -0.2) is 0 Å². The fourth-order valence-corrected chi connectivity index (χ4v) is 2.97. The van der Waals surface area contributed by atoms with Gasteiger partial charge in [-0.05, 0) is 31.9 Å². The van der Waals surface area contributed by atoms with Crippen LogP contribution in [0.1, 0.15) is 47.8 Å². The van der Waals surface area contributed by atoms with E-state index >= 15 is 0 Å². The lowest BCUT2D eigenvalue weighted by atomic mass is 9.97. The summed E-state index contributed by atoms with van der Waals surface area (Å²) in [7, 11) is 0. The van der Waals surface area contributed by atoms with Gasteiger partial charge in [0.15, 0.2) is 0 Å². The number of likely N-dealkylation sites (tertiary alicyclic amines) is 1. The number of carbonyl (C=O) groups excluding carboxylic acids is 1. The smallest absolute Gasteiger partial charge is 0.470 e. The van der Waals surface area contributed by atoms with Crippen molar-refractivity contribution in [2.24, 2.45) is 0 Å². The Balaban J connectivity index is 1.76. The lowest BCUT2D eigenvalue weighted by Gasteiger charge is -2.31. The molecule has 0 aliphatic carbocycles. The highest BCUT2D eigenvalue weighted by Gasteiger charge is 2.39. The third kappa shape index (κ3) is 3.81. The van der Waals surface area contributed by atoms with E-state index in [-0.39, 0.29) is 18.3 Å². The van der Waals surface area contributed by atoms with Crippen LogP contribution in [-0.2, 0) is 6.18 Å². The Morgan fingerprint density at radius 1 is 1.35 bits per heavy atom. The first-order chi connectivity index (χ1) is 12.4. The Kier molecular flexibility index (Phi) is 5.15. The van der Waals surface area contributed by atoms with Crippen LogP contribution >= 0.6 is 0 Å². The van der Waals surface area contributed by atoms with Crippen LogP contribution in [0.5, 0.6) is 5.75 Å². The summed E-state index contributed by atoms with van der Waals surface area (Å²) in [6, 6.07) is 6.90. The van der Waals surface area contributed by atoms with Crippen molar-refractivity contribution >= 4 is 5.91 Å². The van der Waals surface area contributed by atoms with E-state index in [1.807, 2.05) is 6.92 Å². The molecule has 1 saturated heterocycles. The molecule has 26 heavy (non-hydrogen) atoms. The highest BCUT2D eigenvalue weighted by molar-refractivity contribution is 5.97. The number of amides is 1. The Bertz CT molecular complexity index is 776. The van der Waals surface area contributed by atoms with E-state index in [1.165, 1.54) is 0 Å². The molecule has 6 nitrogen and oxygen atoms in total. The van der Waals surface area contributed by atoms with Gasteiger partial charge < -0.3 is 14.1 Å². The average Bonchev–Trinajstić information content (AvgIpc) is 3.13. The molecule has 2 aromatic rings. The molecular formula is C17H18F3N3O3. The molecule has 3 rings (SSSR count). The van der Waals surface area contributed by atoms with E-state index in [0.717, 1.165) is 0 Å². The number of hydrogen-bond donors (Lipinski definition) is 0. The first-order valence-electron chi connectivity index (χ1n) is 8.32. The summed E-state index contributed by atoms with van der Waals surface area (Å²) in [5.41, 5.74) is 0.427. The predicted molar refractivity (Wildman–Crippen MR) is 84.8 cm³/mol. The largest absolute Gasteiger partial charge is 0.493 e. The van der Waals surface area contributed by atoms with Crippen molar-refractivity contribution in [3.05, 3.63) is 41.6 Å². The third-order valence-electron chi connectivity index (χ3n) is 4.16. The molecule has 9 heteroatoms. The highest BCUT2D eigenvalue weighted by Crippen LogP contribution is 2.32. The van der Waals surface area contributed by atoms with Gasteiger partial charge in [-0.15, -0.1) is 10.2 Å². The molecule has 0 N–H and O–H groups in total. The van der Waals surface area contributed by atoms with Crippen LogP contribution in [0, 0.1) is 0 Å². The number of para-hydroxylation sites is 1. The van der Waals surface area contributed by atoms with Gasteiger partial charge >= 0.3 is 12.1 Å². The van der Waals surface area contributed by atoms with Crippen LogP contribution in [-0.4, -0.2) is 40.7 Å². The van der Waals surface area contributed by atoms with Crippen LogP contribution in [0.3, 0.4) is 0 Å². The molecule has 0 radical (unpaired) electrons. The zero-order valence-corrected chi connectivity index (χ0v) is 14.1. The van der Waals surface area contributed by atoms with Crippen LogP contribution in [0.25, 0.3) is 0 Å². The van der Waals surface area contributed by atoms with Crippen molar-refractivity contribution in [2.45, 2.75) is 31.9 Å². The second-order valence-electron chi connectivity index (χ2n) is 5.96. The molecular weight excluding hydrogens is 351 g/mol. The Hall–Kier alpha value is -2.58. The van der Waals surface area contributed by atoms with Gasteiger partial charge in [-0.2, -0.15) is 13.2 Å². The number of aromatic nitrogens is 2. The van der Waals surface area contributed by atoms with Gasteiger partial charge in [0.1, 0.15) is 5.75 Å². The second-order valence-corrected chi connectivity index (χ2v) is 5.96. The molecule has 0 bridgehead atoms. The molecule has 1 fully saturated rings. The minimum absolute atomic E-state index is 0.0899. The Morgan fingerprint density at radius 3 is 2.81 bits per heavy atom. The molecule has 1 aliphatic heterocycles. The van der Waals surface area contributed by atoms with Crippen molar-refractivity contribution in [1.29, 1.82) is 0 Å². The third-order valence-corrected chi connectivity index (χ3v) is 4.16. The SMILES string of the molecule is CCOc1ccccc1C(=O)N1CCCC(c2nnc(C(F)(F)F)o2)C1. The van der Waals surface area contributed by atoms with E-state index in [0.29, 0.717) is 37.3 Å². The summed E-state index contributed by atoms with van der Waals surface area (Å²) >= 11 is 0. The number of ether oxygens (including phenoxy) is 1. The minimum Gasteiger partial charge on any atom is -0.493 e. The van der Waals surface area contributed by atoms with Crippen molar-refractivity contribution in [2.75, 3.05) is 19.7 Å². The summed E-state index contributed by atoms with van der Waals surface area (Å²) < 4.78 is 48.2. The van der Waals surface area contributed by atoms with Gasteiger partial charge in [0.2, 0.25) is 5.89 Å². The number of halogens is 3. The molecule has 2 heterocycles. The average molecular weight is 369 g/mol. The molecule has 1 aliphatic rings. The second kappa shape index (κ2) is 7.35. The Labute approximate surface area is 148 Å². The summed E-state index contributed by atoms with van der Waals surface area (Å²) in [4.78, 5) is 14.4. The predicted octanol–water partition coefficient (Wildman–Crippen LogP) is 3.51. The van der Waals surface area contributed by atoms with Gasteiger partial charge in [0.05, 0.1) is 18.1 Å². The van der Waals surface area contributed by atoms with E-state index in [4.69, 9.17) is 9.15 Å². The van der Waals surface area contributed by atoms with Crippen molar-refractivity contribution in [1.82, 2.24) is 15.1 Å². The molecule has 1 amide bonds. The topological polar surface area (TPSA) is 68.5 Å². The van der Waals surface area contributed by atoms with E-state index < -0.39 is 18.0 Å². The number of benzene rings is 1. The van der Waals surface area contributed by atoms with Gasteiger partial charge in [-0.1, -0.05) is 12.1 Å². The quantitative estimate of drug-likeness (QED) is 0.825. The number of nitrogens with zero attached hydrogens (tertiary/aromatic N) is 3. The molecule has 0 saturated carbocycles. The zero-order chi connectivity index (χ0) is 18.7. The van der Waals surface area contributed by atoms with E-state index in [9.17, 15) is 18.0 Å². The number of rotatable bonds is 4. The number of carbonyl (C=O) groups is 1. The maximum Gasteiger partial charge on any atom is 0.470 e. The van der Waals surface area contributed by atoms with Crippen LogP contribution in [0.4, 0.5) is 13.2 Å². The number of hydrogen-bond acceptors (Lipinski definition) is 5. The standard InChI is InChI=1S/C17H18F3N3O3/c1-2-25-13-8-4-3-7-12(13)15(24)23-9-5-6-11(10-23)14-21-22-16(26-14)17(18,19)20/h3-4,7-8,11H,2,5-6,9-10H2,1H3. The first kappa shape index (κ1) is 18.2. The van der Waals surface area contributed by atoms with Crippen molar-refractivity contribution in [3.63, 3.8) is 0 Å². The summed E-state index contributed by atoms with van der Waals surface area (Å²) in [5, 5.41) is 6.58. The zero-order valence-electron chi connectivity index (χ0n) is 14.1. The Morgan fingerprint density at radius 2 is 2.12 bits per heavy atom. The molecule has 1 aromatic carbocycles. The van der Waals surface area contributed by atoms with Crippen LogP contribution in [0.15, 0.2) is 28.7 Å². The fraction of sp³-hybridized carbons (Fsp3) is 0.471. The lowest BCUT2D eigenvalue weighted by Crippen LogP contribution is -2.39. The number of piperidine rings is 1. The van der Waals surface area contributed by atoms with E-state index in [1.54, 1.807) is 29.2 Å². The van der Waals surface area contributed by atoms with Crippen LogP contribution in [0.2, 0.25) is 0 Å². The van der Waals surface area contributed by atoms with Crippen LogP contribution < -0.4 is 4.74 Å². The maximum absolute atomic E-state index is 12.8. The molecule has 1 unspecified atom stereocenters. The van der Waals surface area contributed by atoms with Gasteiger partial charge in [-0.3, -0.25) is 4.79 Å². The van der Waals surface area contributed by atoms with Crippen molar-refractivity contribution in [3.8, 4) is 5.75 Å². The highest BCUT2D eigenvalue weighted by atomic mass is 19.4. The molecule has 1 aromatic heterocycles. The summed E-state index contributed by atoms with van der Waals surface area (Å²) in [6.45, 7) is 2.98. The normalized spacial score (nSPS) is 18.0. The lowest BCUT2D eigenvalue weighted by molar-refractivity contribution is -0.157. The monoisotopic (exact) mass is 369 g/mol. The molecule has 0 spiro atoms. The van der Waals surface area contributed by atoms with Gasteiger partial charge in [0, 0.05) is 13.1 Å². The first-order valence-corrected chi connectivity index (χ1v) is 8.32.